The zero-order valence-corrected chi connectivity index (χ0v) is 11.1. The molecule has 0 fully saturated rings. The summed E-state index contributed by atoms with van der Waals surface area (Å²) in [5.41, 5.74) is 10.7. The highest BCUT2D eigenvalue weighted by Gasteiger charge is 2.07. The Bertz CT molecular complexity index is 693. The summed E-state index contributed by atoms with van der Waals surface area (Å²) in [6.07, 6.45) is 3.14. The highest BCUT2D eigenvalue weighted by atomic mass is 14.9. The molecular formula is C17H18N2. The molecule has 0 amide bonds. The van der Waals surface area contributed by atoms with Crippen LogP contribution in [0.4, 0.5) is 0 Å². The molecule has 2 nitrogen and oxygen atoms in total. The van der Waals surface area contributed by atoms with E-state index >= 15 is 0 Å². The molecule has 0 aliphatic carbocycles. The fourth-order valence-corrected chi connectivity index (χ4v) is 2.59. The molecule has 0 saturated heterocycles. The summed E-state index contributed by atoms with van der Waals surface area (Å²) in [6.45, 7) is 0.702. The van der Waals surface area contributed by atoms with Crippen molar-refractivity contribution in [1.29, 1.82) is 0 Å². The first-order chi connectivity index (χ1) is 9.29. The molecule has 0 atom stereocenters. The zero-order chi connectivity index (χ0) is 13.2. The van der Waals surface area contributed by atoms with Gasteiger partial charge in [-0.3, -0.25) is 0 Å². The van der Waals surface area contributed by atoms with E-state index in [1.807, 2.05) is 0 Å². The fraction of sp³-hybridized carbons (Fsp3) is 0.176. The van der Waals surface area contributed by atoms with Crippen molar-refractivity contribution >= 4 is 10.9 Å². The third kappa shape index (κ3) is 2.15. The van der Waals surface area contributed by atoms with Crippen molar-refractivity contribution in [3.05, 3.63) is 60.3 Å². The second kappa shape index (κ2) is 4.90. The lowest BCUT2D eigenvalue weighted by Gasteiger charge is -2.02. The van der Waals surface area contributed by atoms with Gasteiger partial charge in [-0.05, 0) is 30.2 Å². The molecule has 2 N–H and O–H groups in total. The van der Waals surface area contributed by atoms with Crippen LogP contribution >= 0.6 is 0 Å². The second-order valence-corrected chi connectivity index (χ2v) is 4.91. The first-order valence-electron chi connectivity index (χ1n) is 6.63. The van der Waals surface area contributed by atoms with E-state index in [4.69, 9.17) is 5.73 Å². The second-order valence-electron chi connectivity index (χ2n) is 4.91. The van der Waals surface area contributed by atoms with Crippen LogP contribution < -0.4 is 5.73 Å². The van der Waals surface area contributed by atoms with Gasteiger partial charge in [0.1, 0.15) is 0 Å². The molecule has 0 bridgehead atoms. The summed E-state index contributed by atoms with van der Waals surface area (Å²) >= 11 is 0. The van der Waals surface area contributed by atoms with Gasteiger partial charge >= 0.3 is 0 Å². The third-order valence-electron chi connectivity index (χ3n) is 3.59. The molecule has 96 valence electrons. The summed E-state index contributed by atoms with van der Waals surface area (Å²) in [6, 6.07) is 17.2. The SMILES string of the molecule is Cn1cc(-c2ccc(CCN)cc2)c2ccccc21. The molecule has 0 aliphatic heterocycles. The van der Waals surface area contributed by atoms with E-state index in [2.05, 4.69) is 66.3 Å². The lowest BCUT2D eigenvalue weighted by Crippen LogP contribution is -2.02. The van der Waals surface area contributed by atoms with Crippen LogP contribution in [-0.2, 0) is 13.5 Å². The molecule has 3 rings (SSSR count). The molecule has 0 saturated carbocycles. The quantitative estimate of drug-likeness (QED) is 0.759. The number of aromatic nitrogens is 1. The van der Waals surface area contributed by atoms with Crippen LogP contribution in [0.3, 0.4) is 0 Å². The Morgan fingerprint density at radius 2 is 1.74 bits per heavy atom. The Balaban J connectivity index is 2.09. The molecule has 19 heavy (non-hydrogen) atoms. The number of fused-ring (bicyclic) bond motifs is 1. The Morgan fingerprint density at radius 1 is 1.00 bits per heavy atom. The summed E-state index contributed by atoms with van der Waals surface area (Å²) < 4.78 is 2.18. The van der Waals surface area contributed by atoms with Crippen LogP contribution in [0.25, 0.3) is 22.0 Å². The van der Waals surface area contributed by atoms with E-state index in [1.54, 1.807) is 0 Å². The smallest absolute Gasteiger partial charge is 0.0484 e. The van der Waals surface area contributed by atoms with Gasteiger partial charge in [-0.2, -0.15) is 0 Å². The first-order valence-corrected chi connectivity index (χ1v) is 6.63. The van der Waals surface area contributed by atoms with Crippen LogP contribution in [0, 0.1) is 0 Å². The number of benzene rings is 2. The van der Waals surface area contributed by atoms with Crippen molar-refractivity contribution in [1.82, 2.24) is 4.57 Å². The standard InChI is InChI=1S/C17H18N2/c1-19-12-16(15-4-2-3-5-17(15)19)14-8-6-13(7-9-14)10-11-18/h2-9,12H,10-11,18H2,1H3. The maximum atomic E-state index is 5.58. The predicted octanol–water partition coefficient (Wildman–Crippen LogP) is 3.35. The van der Waals surface area contributed by atoms with Gasteiger partial charge in [0.2, 0.25) is 0 Å². The number of hydrogen-bond acceptors (Lipinski definition) is 1. The third-order valence-corrected chi connectivity index (χ3v) is 3.59. The molecule has 2 heteroatoms. The largest absolute Gasteiger partial charge is 0.350 e. The van der Waals surface area contributed by atoms with E-state index in [0.717, 1.165) is 6.42 Å². The fourth-order valence-electron chi connectivity index (χ4n) is 2.59. The van der Waals surface area contributed by atoms with E-state index in [0.29, 0.717) is 6.54 Å². The summed E-state index contributed by atoms with van der Waals surface area (Å²) in [4.78, 5) is 0. The summed E-state index contributed by atoms with van der Waals surface area (Å²) in [5, 5.41) is 1.30. The van der Waals surface area contributed by atoms with Gasteiger partial charge < -0.3 is 10.3 Å². The number of rotatable bonds is 3. The number of nitrogens with zero attached hydrogens (tertiary/aromatic N) is 1. The van der Waals surface area contributed by atoms with Gasteiger partial charge in [0.25, 0.3) is 0 Å². The molecule has 0 radical (unpaired) electrons. The van der Waals surface area contributed by atoms with Crippen molar-refractivity contribution in [2.45, 2.75) is 6.42 Å². The molecule has 1 aromatic heterocycles. The average Bonchev–Trinajstić information content (AvgIpc) is 2.78. The Kier molecular flexibility index (Phi) is 3.10. The molecule has 0 unspecified atom stereocenters. The van der Waals surface area contributed by atoms with Crippen LogP contribution in [-0.4, -0.2) is 11.1 Å². The monoisotopic (exact) mass is 250 g/mol. The molecule has 2 aromatic carbocycles. The van der Waals surface area contributed by atoms with Gasteiger partial charge in [-0.1, -0.05) is 42.5 Å². The Morgan fingerprint density at radius 3 is 2.47 bits per heavy atom. The normalized spacial score (nSPS) is 11.1. The lowest BCUT2D eigenvalue weighted by atomic mass is 10.0. The number of nitrogens with two attached hydrogens (primary N) is 1. The maximum absolute atomic E-state index is 5.58. The Labute approximate surface area is 113 Å². The van der Waals surface area contributed by atoms with Crippen molar-refractivity contribution in [3.8, 4) is 11.1 Å². The zero-order valence-electron chi connectivity index (χ0n) is 11.1. The molecule has 3 aromatic rings. The minimum Gasteiger partial charge on any atom is -0.350 e. The maximum Gasteiger partial charge on any atom is 0.0484 e. The molecular weight excluding hydrogens is 232 g/mol. The first kappa shape index (κ1) is 12.0. The minimum atomic E-state index is 0.702. The molecule has 1 heterocycles. The van der Waals surface area contributed by atoms with Crippen molar-refractivity contribution < 1.29 is 0 Å². The Hall–Kier alpha value is -2.06. The van der Waals surface area contributed by atoms with Crippen LogP contribution in [0.15, 0.2) is 54.7 Å². The van der Waals surface area contributed by atoms with Crippen molar-refractivity contribution in [2.75, 3.05) is 6.54 Å². The van der Waals surface area contributed by atoms with Crippen LogP contribution in [0.2, 0.25) is 0 Å². The van der Waals surface area contributed by atoms with Crippen molar-refractivity contribution in [2.24, 2.45) is 12.8 Å². The molecule has 0 spiro atoms. The van der Waals surface area contributed by atoms with E-state index in [-0.39, 0.29) is 0 Å². The number of hydrogen-bond donors (Lipinski definition) is 1. The highest BCUT2D eigenvalue weighted by Crippen LogP contribution is 2.30. The average molecular weight is 250 g/mol. The number of para-hydroxylation sites is 1. The van der Waals surface area contributed by atoms with Gasteiger partial charge in [0.05, 0.1) is 0 Å². The van der Waals surface area contributed by atoms with Gasteiger partial charge in [0.15, 0.2) is 0 Å². The highest BCUT2D eigenvalue weighted by molar-refractivity contribution is 5.96. The lowest BCUT2D eigenvalue weighted by molar-refractivity contribution is 0.967. The van der Waals surface area contributed by atoms with Crippen molar-refractivity contribution in [3.63, 3.8) is 0 Å². The van der Waals surface area contributed by atoms with Gasteiger partial charge in [0, 0.05) is 29.7 Å². The number of aryl methyl sites for hydroxylation is 1. The van der Waals surface area contributed by atoms with Gasteiger partial charge in [-0.15, -0.1) is 0 Å². The predicted molar refractivity (Wildman–Crippen MR) is 81.1 cm³/mol. The summed E-state index contributed by atoms with van der Waals surface area (Å²) in [5.74, 6) is 0. The topological polar surface area (TPSA) is 30.9 Å². The molecule has 0 aliphatic rings. The minimum absolute atomic E-state index is 0.702. The van der Waals surface area contributed by atoms with Gasteiger partial charge in [-0.25, -0.2) is 0 Å². The van der Waals surface area contributed by atoms with E-state index in [1.165, 1.54) is 27.6 Å². The van der Waals surface area contributed by atoms with Crippen LogP contribution in [0.5, 0.6) is 0 Å². The van der Waals surface area contributed by atoms with E-state index < -0.39 is 0 Å². The van der Waals surface area contributed by atoms with Crippen LogP contribution in [0.1, 0.15) is 5.56 Å². The summed E-state index contributed by atoms with van der Waals surface area (Å²) in [7, 11) is 2.09. The van der Waals surface area contributed by atoms with E-state index in [9.17, 15) is 0 Å².